The standard InChI is InChI=1S/C12H15NO5/c1-18-12(17)10(7-15)13-11(16)9-4-2-8(6-14)3-5-9/h2-5,10,14-15H,6-7H2,1H3,(H,13,16). The summed E-state index contributed by atoms with van der Waals surface area (Å²) in [6, 6.07) is 5.15. The van der Waals surface area contributed by atoms with Crippen LogP contribution in [-0.2, 0) is 16.1 Å². The SMILES string of the molecule is COC(=O)C(CO)NC(=O)c1ccc(CO)cc1. The Hall–Kier alpha value is -1.92. The van der Waals surface area contributed by atoms with Crippen molar-refractivity contribution < 1.29 is 24.5 Å². The number of aliphatic hydroxyl groups excluding tert-OH is 2. The van der Waals surface area contributed by atoms with E-state index in [0.717, 1.165) is 0 Å². The lowest BCUT2D eigenvalue weighted by molar-refractivity contribution is -0.143. The Labute approximate surface area is 104 Å². The van der Waals surface area contributed by atoms with Crippen molar-refractivity contribution in [3.8, 4) is 0 Å². The molecule has 0 heterocycles. The van der Waals surface area contributed by atoms with Crippen molar-refractivity contribution in [3.63, 3.8) is 0 Å². The fraction of sp³-hybridized carbons (Fsp3) is 0.333. The van der Waals surface area contributed by atoms with Crippen LogP contribution in [0.1, 0.15) is 15.9 Å². The van der Waals surface area contributed by atoms with Gasteiger partial charge in [-0.15, -0.1) is 0 Å². The van der Waals surface area contributed by atoms with Gasteiger partial charge in [0.1, 0.15) is 0 Å². The summed E-state index contributed by atoms with van der Waals surface area (Å²) < 4.78 is 4.43. The minimum Gasteiger partial charge on any atom is -0.467 e. The Bertz CT molecular complexity index is 415. The average Bonchev–Trinajstić information content (AvgIpc) is 2.43. The van der Waals surface area contributed by atoms with E-state index >= 15 is 0 Å². The molecule has 0 saturated carbocycles. The predicted octanol–water partition coefficient (Wildman–Crippen LogP) is -0.557. The molecule has 0 aliphatic heterocycles. The van der Waals surface area contributed by atoms with Crippen molar-refractivity contribution in [2.75, 3.05) is 13.7 Å². The number of methoxy groups -OCH3 is 1. The van der Waals surface area contributed by atoms with Gasteiger partial charge in [0.25, 0.3) is 5.91 Å². The van der Waals surface area contributed by atoms with E-state index in [4.69, 9.17) is 10.2 Å². The van der Waals surface area contributed by atoms with Gasteiger partial charge in [0.05, 0.1) is 20.3 Å². The van der Waals surface area contributed by atoms with Crippen LogP contribution in [0.25, 0.3) is 0 Å². The van der Waals surface area contributed by atoms with Crippen LogP contribution < -0.4 is 5.32 Å². The Morgan fingerprint density at radius 1 is 1.28 bits per heavy atom. The van der Waals surface area contributed by atoms with Crippen LogP contribution in [0.4, 0.5) is 0 Å². The highest BCUT2D eigenvalue weighted by Gasteiger charge is 2.20. The monoisotopic (exact) mass is 253 g/mol. The van der Waals surface area contributed by atoms with Gasteiger partial charge >= 0.3 is 5.97 Å². The molecule has 0 spiro atoms. The molecular weight excluding hydrogens is 238 g/mol. The van der Waals surface area contributed by atoms with Gasteiger partial charge in [-0.2, -0.15) is 0 Å². The second-order valence-electron chi connectivity index (χ2n) is 3.59. The molecule has 1 aromatic carbocycles. The van der Waals surface area contributed by atoms with Gasteiger partial charge < -0.3 is 20.3 Å². The molecule has 1 aromatic rings. The summed E-state index contributed by atoms with van der Waals surface area (Å²) in [5.41, 5.74) is 1.01. The van der Waals surface area contributed by atoms with Crippen LogP contribution in [0.2, 0.25) is 0 Å². The molecular formula is C12H15NO5. The molecule has 1 rings (SSSR count). The highest BCUT2D eigenvalue weighted by Crippen LogP contribution is 2.04. The number of rotatable bonds is 5. The molecule has 0 bridgehead atoms. The van der Waals surface area contributed by atoms with Gasteiger partial charge in [0.2, 0.25) is 0 Å². The molecule has 0 fully saturated rings. The fourth-order valence-electron chi connectivity index (χ4n) is 1.32. The number of carbonyl (C=O) groups excluding carboxylic acids is 2. The molecule has 1 amide bonds. The van der Waals surface area contributed by atoms with E-state index in [1.165, 1.54) is 19.2 Å². The Balaban J connectivity index is 2.71. The maximum atomic E-state index is 11.7. The van der Waals surface area contributed by atoms with Gasteiger partial charge in [-0.3, -0.25) is 4.79 Å². The Kier molecular flexibility index (Phi) is 5.29. The highest BCUT2D eigenvalue weighted by molar-refractivity contribution is 5.96. The summed E-state index contributed by atoms with van der Waals surface area (Å²) in [4.78, 5) is 22.9. The zero-order valence-electron chi connectivity index (χ0n) is 9.92. The molecule has 0 aliphatic rings. The van der Waals surface area contributed by atoms with Crippen LogP contribution in [0.15, 0.2) is 24.3 Å². The number of benzene rings is 1. The minimum atomic E-state index is -1.08. The second kappa shape index (κ2) is 6.73. The van der Waals surface area contributed by atoms with Crippen LogP contribution >= 0.6 is 0 Å². The van der Waals surface area contributed by atoms with Crippen molar-refractivity contribution in [1.82, 2.24) is 5.32 Å². The van der Waals surface area contributed by atoms with Crippen LogP contribution in [0.3, 0.4) is 0 Å². The van der Waals surface area contributed by atoms with Gasteiger partial charge in [0, 0.05) is 5.56 Å². The first kappa shape index (κ1) is 14.1. The van der Waals surface area contributed by atoms with E-state index in [2.05, 4.69) is 10.1 Å². The van der Waals surface area contributed by atoms with Crippen LogP contribution in [-0.4, -0.2) is 41.8 Å². The molecule has 18 heavy (non-hydrogen) atoms. The van der Waals surface area contributed by atoms with Crippen molar-refractivity contribution in [2.45, 2.75) is 12.6 Å². The molecule has 0 saturated heterocycles. The Morgan fingerprint density at radius 2 is 1.89 bits per heavy atom. The Morgan fingerprint density at radius 3 is 2.33 bits per heavy atom. The van der Waals surface area contributed by atoms with Crippen LogP contribution in [0.5, 0.6) is 0 Å². The quantitative estimate of drug-likeness (QED) is 0.611. The van der Waals surface area contributed by atoms with Crippen molar-refractivity contribution in [3.05, 3.63) is 35.4 Å². The molecule has 0 radical (unpaired) electrons. The van der Waals surface area contributed by atoms with E-state index < -0.39 is 24.5 Å². The number of nitrogens with one attached hydrogen (secondary N) is 1. The molecule has 98 valence electrons. The number of esters is 1. The van der Waals surface area contributed by atoms with E-state index in [-0.39, 0.29) is 6.61 Å². The molecule has 1 unspecified atom stereocenters. The lowest BCUT2D eigenvalue weighted by Gasteiger charge is -2.13. The summed E-state index contributed by atoms with van der Waals surface area (Å²) >= 11 is 0. The molecule has 6 heteroatoms. The zero-order chi connectivity index (χ0) is 13.5. The minimum absolute atomic E-state index is 0.108. The fourth-order valence-corrected chi connectivity index (χ4v) is 1.32. The lowest BCUT2D eigenvalue weighted by Crippen LogP contribution is -2.44. The first-order valence-electron chi connectivity index (χ1n) is 5.31. The van der Waals surface area contributed by atoms with E-state index in [1.807, 2.05) is 0 Å². The van der Waals surface area contributed by atoms with E-state index in [9.17, 15) is 9.59 Å². The molecule has 6 nitrogen and oxygen atoms in total. The molecule has 0 aliphatic carbocycles. The maximum absolute atomic E-state index is 11.7. The zero-order valence-corrected chi connectivity index (χ0v) is 9.92. The first-order valence-corrected chi connectivity index (χ1v) is 5.31. The topological polar surface area (TPSA) is 95.9 Å². The summed E-state index contributed by atoms with van der Waals surface area (Å²) in [6.45, 7) is -0.642. The predicted molar refractivity (Wildman–Crippen MR) is 62.7 cm³/mol. The summed E-state index contributed by atoms with van der Waals surface area (Å²) in [6.07, 6.45) is 0. The molecule has 3 N–H and O–H groups in total. The van der Waals surface area contributed by atoms with Gasteiger partial charge in [-0.25, -0.2) is 4.79 Å². The van der Waals surface area contributed by atoms with E-state index in [1.54, 1.807) is 12.1 Å². The van der Waals surface area contributed by atoms with Gasteiger partial charge in [0.15, 0.2) is 6.04 Å². The highest BCUT2D eigenvalue weighted by atomic mass is 16.5. The second-order valence-corrected chi connectivity index (χ2v) is 3.59. The van der Waals surface area contributed by atoms with Gasteiger partial charge in [-0.1, -0.05) is 12.1 Å². The van der Waals surface area contributed by atoms with Crippen molar-refractivity contribution in [1.29, 1.82) is 0 Å². The number of amides is 1. The smallest absolute Gasteiger partial charge is 0.330 e. The lowest BCUT2D eigenvalue weighted by atomic mass is 10.1. The summed E-state index contributed by atoms with van der Waals surface area (Å²) in [5.74, 6) is -1.21. The third-order valence-corrected chi connectivity index (χ3v) is 2.37. The molecule has 0 aromatic heterocycles. The summed E-state index contributed by atoms with van der Waals surface area (Å²) in [5, 5.41) is 20.2. The number of aliphatic hydroxyl groups is 2. The summed E-state index contributed by atoms with van der Waals surface area (Å²) in [7, 11) is 1.17. The maximum Gasteiger partial charge on any atom is 0.330 e. The third-order valence-electron chi connectivity index (χ3n) is 2.37. The number of hydrogen-bond acceptors (Lipinski definition) is 5. The largest absolute Gasteiger partial charge is 0.467 e. The first-order chi connectivity index (χ1) is 8.62. The van der Waals surface area contributed by atoms with Crippen molar-refractivity contribution in [2.24, 2.45) is 0 Å². The average molecular weight is 253 g/mol. The molecule has 1 atom stereocenters. The number of hydrogen-bond donors (Lipinski definition) is 3. The third kappa shape index (κ3) is 3.54. The van der Waals surface area contributed by atoms with Crippen LogP contribution in [0, 0.1) is 0 Å². The van der Waals surface area contributed by atoms with E-state index in [0.29, 0.717) is 11.1 Å². The number of ether oxygens (including phenoxy) is 1. The van der Waals surface area contributed by atoms with Crippen molar-refractivity contribution >= 4 is 11.9 Å². The van der Waals surface area contributed by atoms with Gasteiger partial charge in [-0.05, 0) is 17.7 Å². The number of carbonyl (C=O) groups is 2. The normalized spacial score (nSPS) is 11.7.